The number of methoxy groups -OCH3 is 1. The van der Waals surface area contributed by atoms with E-state index in [2.05, 4.69) is 30.7 Å². The number of carbonyl (C=O) groups is 2. The third-order valence-corrected chi connectivity index (χ3v) is 4.41. The zero-order valence-electron chi connectivity index (χ0n) is 18.3. The number of carbonyl (C=O) groups excluding carboxylic acids is 2. The Morgan fingerprint density at radius 1 is 1.28 bits per heavy atom. The van der Waals surface area contributed by atoms with E-state index in [0.29, 0.717) is 11.3 Å². The first-order valence-corrected chi connectivity index (χ1v) is 9.73. The van der Waals surface area contributed by atoms with Crippen LogP contribution in [-0.2, 0) is 9.59 Å². The summed E-state index contributed by atoms with van der Waals surface area (Å²) in [5.41, 5.74) is 1.05. The summed E-state index contributed by atoms with van der Waals surface area (Å²) in [6, 6.07) is 0.753. The fourth-order valence-corrected chi connectivity index (χ4v) is 2.65. The topological polar surface area (TPSA) is 114 Å². The van der Waals surface area contributed by atoms with Gasteiger partial charge in [-0.3, -0.25) is 9.59 Å². The van der Waals surface area contributed by atoms with Crippen LogP contribution in [0, 0.1) is 5.92 Å². The van der Waals surface area contributed by atoms with E-state index in [-0.39, 0.29) is 17.5 Å². The molecule has 1 aliphatic heterocycles. The third kappa shape index (κ3) is 6.34. The molecule has 2 unspecified atom stereocenters. The fraction of sp³-hybridized carbons (Fsp3) is 0.500. The summed E-state index contributed by atoms with van der Waals surface area (Å²) in [4.78, 5) is 33.4. The number of alkyl halides is 3. The molecule has 2 heterocycles. The molecule has 0 radical (unpaired) electrons. The van der Waals surface area contributed by atoms with Crippen LogP contribution in [0.3, 0.4) is 0 Å². The zero-order valence-corrected chi connectivity index (χ0v) is 18.3. The number of hydrogen-bond acceptors (Lipinski definition) is 7. The lowest BCUT2D eigenvalue weighted by Gasteiger charge is -2.34. The molecule has 2 rings (SSSR count). The Hall–Kier alpha value is -3.31. The van der Waals surface area contributed by atoms with Crippen molar-refractivity contribution in [3.63, 3.8) is 0 Å². The lowest BCUT2D eigenvalue weighted by atomic mass is 10.1. The molecule has 1 aliphatic rings. The van der Waals surface area contributed by atoms with Gasteiger partial charge in [0.25, 0.3) is 17.6 Å². The molecule has 0 bridgehead atoms. The minimum absolute atomic E-state index is 0.0248. The molecule has 0 aromatic carbocycles. The molecular weight excluding hydrogens is 431 g/mol. The van der Waals surface area contributed by atoms with Crippen molar-refractivity contribution in [3.05, 3.63) is 29.6 Å². The molecule has 3 N–H and O–H groups in total. The van der Waals surface area contributed by atoms with Gasteiger partial charge in [0.2, 0.25) is 5.91 Å². The number of aliphatic imine (C=N–C) groups is 1. The predicted molar refractivity (Wildman–Crippen MR) is 110 cm³/mol. The molecule has 0 spiro atoms. The maximum Gasteiger partial charge on any atom is 0.422 e. The Kier molecular flexibility index (Phi) is 7.70. The van der Waals surface area contributed by atoms with Crippen LogP contribution < -0.4 is 25.4 Å². The number of nitrogens with zero attached hydrogens (tertiary/aromatic N) is 2. The lowest BCUT2D eigenvalue weighted by molar-refractivity contribution is -0.154. The Morgan fingerprint density at radius 3 is 2.53 bits per heavy atom. The van der Waals surface area contributed by atoms with Crippen LogP contribution in [0.1, 0.15) is 39.3 Å². The first-order chi connectivity index (χ1) is 14.9. The van der Waals surface area contributed by atoms with Gasteiger partial charge in [0.05, 0.1) is 13.2 Å². The first-order valence-electron chi connectivity index (χ1n) is 9.73. The fourth-order valence-electron chi connectivity index (χ4n) is 2.65. The van der Waals surface area contributed by atoms with Crippen LogP contribution in [0.5, 0.6) is 11.6 Å². The first kappa shape index (κ1) is 25.0. The van der Waals surface area contributed by atoms with Crippen molar-refractivity contribution in [2.75, 3.05) is 13.7 Å². The van der Waals surface area contributed by atoms with Crippen LogP contribution in [-0.4, -0.2) is 48.7 Å². The van der Waals surface area contributed by atoms with Crippen molar-refractivity contribution in [2.45, 2.75) is 45.7 Å². The Labute approximate surface area is 183 Å². The minimum Gasteiger partial charge on any atom is -0.491 e. The van der Waals surface area contributed by atoms with Crippen molar-refractivity contribution >= 4 is 18.0 Å². The summed E-state index contributed by atoms with van der Waals surface area (Å²) in [6.45, 7) is 5.19. The van der Waals surface area contributed by atoms with Gasteiger partial charge in [-0.25, -0.2) is 9.98 Å². The van der Waals surface area contributed by atoms with Crippen molar-refractivity contribution in [1.29, 1.82) is 0 Å². The Bertz CT molecular complexity index is 917. The summed E-state index contributed by atoms with van der Waals surface area (Å²) >= 11 is 0. The molecule has 176 valence electrons. The second kappa shape index (κ2) is 9.88. The average molecular weight is 457 g/mol. The van der Waals surface area contributed by atoms with E-state index in [1.807, 2.05) is 0 Å². The summed E-state index contributed by atoms with van der Waals surface area (Å²) < 4.78 is 47.0. The standard InChI is InChI=1S/C20H26F3N5O4/c1-11(2)16(29)28-20(25-7-6-12(3)27-20)18(30)26-13(4)14-8-15(31-5)17(24-9-14)32-10-19(21,22)23/h6-9,11,13,27H,10H2,1-5H3,(H,26,30)(H,28,29). The normalized spacial score (nSPS) is 19.0. The van der Waals surface area contributed by atoms with Gasteiger partial charge in [0.15, 0.2) is 12.4 Å². The van der Waals surface area contributed by atoms with E-state index in [4.69, 9.17) is 4.74 Å². The SMILES string of the molecule is COc1cc(C(C)NC(=O)C2(NC(=O)C(C)C)N=CC=C(C)N2)cnc1OCC(F)(F)F. The second-order valence-electron chi connectivity index (χ2n) is 7.48. The molecule has 0 fully saturated rings. The van der Waals surface area contributed by atoms with Crippen LogP contribution in [0.25, 0.3) is 0 Å². The summed E-state index contributed by atoms with van der Waals surface area (Å²) in [5.74, 6) is -3.52. The highest BCUT2D eigenvalue weighted by atomic mass is 19.4. The number of rotatable bonds is 8. The Morgan fingerprint density at radius 2 is 1.97 bits per heavy atom. The number of hydrogen-bond donors (Lipinski definition) is 3. The molecular formula is C20H26F3N5O4. The van der Waals surface area contributed by atoms with Gasteiger partial charge in [-0.15, -0.1) is 0 Å². The number of halogens is 3. The number of amides is 2. The largest absolute Gasteiger partial charge is 0.491 e. The molecule has 32 heavy (non-hydrogen) atoms. The zero-order chi connectivity index (χ0) is 24.1. The summed E-state index contributed by atoms with van der Waals surface area (Å²) in [7, 11) is 1.26. The van der Waals surface area contributed by atoms with Gasteiger partial charge >= 0.3 is 6.18 Å². The highest BCUT2D eigenvalue weighted by Crippen LogP contribution is 2.29. The molecule has 2 atom stereocenters. The molecule has 1 aromatic heterocycles. The van der Waals surface area contributed by atoms with Gasteiger partial charge < -0.3 is 25.4 Å². The van der Waals surface area contributed by atoms with E-state index in [9.17, 15) is 22.8 Å². The molecule has 2 amide bonds. The quantitative estimate of drug-likeness (QED) is 0.552. The minimum atomic E-state index is -4.53. The predicted octanol–water partition coefficient (Wildman–Crippen LogP) is 2.21. The monoisotopic (exact) mass is 457 g/mol. The van der Waals surface area contributed by atoms with Crippen LogP contribution >= 0.6 is 0 Å². The van der Waals surface area contributed by atoms with Crippen molar-refractivity contribution in [1.82, 2.24) is 20.9 Å². The van der Waals surface area contributed by atoms with E-state index in [0.717, 1.165) is 0 Å². The summed E-state index contributed by atoms with van der Waals surface area (Å²) in [5, 5.41) is 8.23. The van der Waals surface area contributed by atoms with E-state index in [1.54, 1.807) is 33.8 Å². The highest BCUT2D eigenvalue weighted by molar-refractivity contribution is 5.94. The van der Waals surface area contributed by atoms with Gasteiger partial charge in [0.1, 0.15) is 0 Å². The van der Waals surface area contributed by atoms with Crippen LogP contribution in [0.4, 0.5) is 13.2 Å². The maximum absolute atomic E-state index is 13.1. The maximum atomic E-state index is 13.1. The van der Waals surface area contributed by atoms with Crippen molar-refractivity contribution in [3.8, 4) is 11.6 Å². The second-order valence-corrected chi connectivity index (χ2v) is 7.48. The Balaban J connectivity index is 2.21. The summed E-state index contributed by atoms with van der Waals surface area (Å²) in [6.07, 6.45) is -0.207. The molecule has 1 aromatic rings. The number of nitrogens with one attached hydrogen (secondary N) is 3. The van der Waals surface area contributed by atoms with Gasteiger partial charge in [0, 0.05) is 24.0 Å². The molecule has 0 saturated heterocycles. The smallest absolute Gasteiger partial charge is 0.422 e. The van der Waals surface area contributed by atoms with Gasteiger partial charge in [-0.1, -0.05) is 13.8 Å². The van der Waals surface area contributed by atoms with E-state index < -0.39 is 36.4 Å². The van der Waals surface area contributed by atoms with E-state index >= 15 is 0 Å². The molecule has 0 aliphatic carbocycles. The van der Waals surface area contributed by atoms with E-state index in [1.165, 1.54) is 25.6 Å². The van der Waals surface area contributed by atoms with Crippen molar-refractivity contribution < 1.29 is 32.2 Å². The van der Waals surface area contributed by atoms with Gasteiger partial charge in [-0.2, -0.15) is 13.2 Å². The number of aromatic nitrogens is 1. The highest BCUT2D eigenvalue weighted by Gasteiger charge is 2.41. The molecule has 0 saturated carbocycles. The lowest BCUT2D eigenvalue weighted by Crippen LogP contribution is -2.67. The molecule has 12 heteroatoms. The third-order valence-electron chi connectivity index (χ3n) is 4.41. The number of pyridine rings is 1. The van der Waals surface area contributed by atoms with Crippen LogP contribution in [0.2, 0.25) is 0 Å². The number of ether oxygens (including phenoxy) is 2. The van der Waals surface area contributed by atoms with Crippen LogP contribution in [0.15, 0.2) is 29.0 Å². The van der Waals surface area contributed by atoms with Gasteiger partial charge in [-0.05, 0) is 31.6 Å². The molecule has 9 nitrogen and oxygen atoms in total. The average Bonchev–Trinajstić information content (AvgIpc) is 2.71. The number of allylic oxidation sites excluding steroid dienone is 2. The van der Waals surface area contributed by atoms with Crippen molar-refractivity contribution in [2.24, 2.45) is 10.9 Å².